The minimum atomic E-state index is -4.36. The molecule has 1 saturated heterocycles. The standard InChI is InChI=1S/C20H23F3N2O3/c21-20(22,23)15-7-5-13(6-8-15)12-1-3-14(4-2-12)17(11-26)24-9-16-19(28)18(27)10-25-16/h1-8,16-19,24-28H,9-11H2/t16-,17+,18-,19+/m1/s1. The first-order valence-electron chi connectivity index (χ1n) is 9.01. The second-order valence-electron chi connectivity index (χ2n) is 6.91. The number of rotatable bonds is 6. The lowest BCUT2D eigenvalue weighted by Gasteiger charge is -2.22. The van der Waals surface area contributed by atoms with Gasteiger partial charge in [0.25, 0.3) is 0 Å². The molecule has 5 nitrogen and oxygen atoms in total. The van der Waals surface area contributed by atoms with Gasteiger partial charge in [0.2, 0.25) is 0 Å². The molecule has 4 atom stereocenters. The molecule has 28 heavy (non-hydrogen) atoms. The highest BCUT2D eigenvalue weighted by molar-refractivity contribution is 5.64. The molecule has 2 aromatic rings. The molecular formula is C20H23F3N2O3. The zero-order valence-corrected chi connectivity index (χ0v) is 15.0. The third-order valence-electron chi connectivity index (χ3n) is 5.02. The third kappa shape index (κ3) is 4.71. The molecule has 8 heteroatoms. The zero-order valence-electron chi connectivity index (χ0n) is 15.0. The van der Waals surface area contributed by atoms with Crippen LogP contribution < -0.4 is 10.6 Å². The molecule has 0 aromatic heterocycles. The third-order valence-corrected chi connectivity index (χ3v) is 5.02. The van der Waals surface area contributed by atoms with Crippen molar-refractivity contribution in [1.29, 1.82) is 0 Å². The van der Waals surface area contributed by atoms with Gasteiger partial charge in [0.15, 0.2) is 0 Å². The molecule has 0 saturated carbocycles. The van der Waals surface area contributed by atoms with Gasteiger partial charge < -0.3 is 26.0 Å². The highest BCUT2D eigenvalue weighted by Crippen LogP contribution is 2.31. The molecule has 0 spiro atoms. The van der Waals surface area contributed by atoms with Crippen molar-refractivity contribution in [2.45, 2.75) is 30.5 Å². The summed E-state index contributed by atoms with van der Waals surface area (Å²) in [5.74, 6) is 0. The highest BCUT2D eigenvalue weighted by Gasteiger charge is 2.33. The van der Waals surface area contributed by atoms with E-state index in [4.69, 9.17) is 0 Å². The maximum Gasteiger partial charge on any atom is 0.416 e. The highest BCUT2D eigenvalue weighted by atomic mass is 19.4. The fourth-order valence-electron chi connectivity index (χ4n) is 3.29. The first-order chi connectivity index (χ1) is 13.3. The topological polar surface area (TPSA) is 84.8 Å². The molecule has 0 amide bonds. The van der Waals surface area contributed by atoms with Crippen LogP contribution in [0, 0.1) is 0 Å². The Morgan fingerprint density at radius 2 is 1.57 bits per heavy atom. The van der Waals surface area contributed by atoms with Crippen molar-refractivity contribution < 1.29 is 28.5 Å². The summed E-state index contributed by atoms with van der Waals surface area (Å²) in [6, 6.07) is 11.5. The van der Waals surface area contributed by atoms with Gasteiger partial charge in [-0.05, 0) is 28.8 Å². The van der Waals surface area contributed by atoms with Crippen LogP contribution in [0.3, 0.4) is 0 Å². The van der Waals surface area contributed by atoms with E-state index < -0.39 is 23.9 Å². The first-order valence-corrected chi connectivity index (χ1v) is 9.01. The maximum absolute atomic E-state index is 12.7. The predicted molar refractivity (Wildman–Crippen MR) is 98.5 cm³/mol. The van der Waals surface area contributed by atoms with E-state index in [0.29, 0.717) is 18.7 Å². The van der Waals surface area contributed by atoms with E-state index in [1.54, 1.807) is 24.3 Å². The summed E-state index contributed by atoms with van der Waals surface area (Å²) in [6.45, 7) is 0.522. The van der Waals surface area contributed by atoms with Crippen LogP contribution in [0.15, 0.2) is 48.5 Å². The van der Waals surface area contributed by atoms with Crippen molar-refractivity contribution >= 4 is 0 Å². The van der Waals surface area contributed by atoms with Crippen molar-refractivity contribution in [2.24, 2.45) is 0 Å². The smallest absolute Gasteiger partial charge is 0.394 e. The molecule has 1 aliphatic rings. The SMILES string of the molecule is OC[C@H](NC[C@H]1NC[C@@H](O)[C@H]1O)c1ccc(-c2ccc(C(F)(F)F)cc2)cc1. The van der Waals surface area contributed by atoms with Gasteiger partial charge in [0.05, 0.1) is 30.4 Å². The monoisotopic (exact) mass is 396 g/mol. The Hall–Kier alpha value is -1.97. The molecule has 152 valence electrons. The van der Waals surface area contributed by atoms with Crippen LogP contribution in [0.2, 0.25) is 0 Å². The number of halogens is 3. The van der Waals surface area contributed by atoms with Crippen molar-refractivity contribution in [1.82, 2.24) is 10.6 Å². The normalized spacial score (nSPS) is 23.7. The van der Waals surface area contributed by atoms with E-state index in [-0.39, 0.29) is 18.7 Å². The average Bonchev–Trinajstić information content (AvgIpc) is 3.00. The van der Waals surface area contributed by atoms with Crippen LogP contribution in [0.1, 0.15) is 17.2 Å². The van der Waals surface area contributed by atoms with Crippen LogP contribution in [-0.4, -0.2) is 53.3 Å². The Morgan fingerprint density at radius 3 is 2.04 bits per heavy atom. The molecular weight excluding hydrogens is 373 g/mol. The molecule has 1 heterocycles. The minimum absolute atomic E-state index is 0.162. The van der Waals surface area contributed by atoms with E-state index in [9.17, 15) is 28.5 Å². The quantitative estimate of drug-likeness (QED) is 0.513. The zero-order chi connectivity index (χ0) is 20.3. The van der Waals surface area contributed by atoms with Gasteiger partial charge in [-0.25, -0.2) is 0 Å². The van der Waals surface area contributed by atoms with Crippen LogP contribution in [0.5, 0.6) is 0 Å². The van der Waals surface area contributed by atoms with Crippen LogP contribution in [-0.2, 0) is 6.18 Å². The number of hydrogen-bond acceptors (Lipinski definition) is 5. The lowest BCUT2D eigenvalue weighted by Crippen LogP contribution is -2.43. The van der Waals surface area contributed by atoms with Gasteiger partial charge in [-0.15, -0.1) is 0 Å². The summed E-state index contributed by atoms with van der Waals surface area (Å²) < 4.78 is 38.0. The van der Waals surface area contributed by atoms with Crippen molar-refractivity contribution in [3.63, 3.8) is 0 Å². The van der Waals surface area contributed by atoms with Crippen LogP contribution in [0.4, 0.5) is 13.2 Å². The number of alkyl halides is 3. The van der Waals surface area contributed by atoms with Gasteiger partial charge in [-0.1, -0.05) is 36.4 Å². The molecule has 2 aromatic carbocycles. The number of benzene rings is 2. The van der Waals surface area contributed by atoms with Gasteiger partial charge in [-0.3, -0.25) is 0 Å². The molecule has 0 unspecified atom stereocenters. The number of β-amino-alcohol motifs (C(OH)–C–C–N with tert-alkyl or cyclic N) is 1. The lowest BCUT2D eigenvalue weighted by atomic mass is 9.99. The van der Waals surface area contributed by atoms with E-state index >= 15 is 0 Å². The Labute approximate surface area is 160 Å². The Morgan fingerprint density at radius 1 is 1.00 bits per heavy atom. The van der Waals surface area contributed by atoms with Gasteiger partial charge >= 0.3 is 6.18 Å². The summed E-state index contributed by atoms with van der Waals surface area (Å²) in [6.07, 6.45) is -6.03. The molecule has 3 rings (SSSR count). The van der Waals surface area contributed by atoms with Gasteiger partial charge in [-0.2, -0.15) is 13.2 Å². The van der Waals surface area contributed by atoms with Crippen molar-refractivity contribution in [3.8, 4) is 11.1 Å². The molecule has 0 radical (unpaired) electrons. The van der Waals surface area contributed by atoms with Crippen molar-refractivity contribution in [2.75, 3.05) is 19.7 Å². The molecule has 1 fully saturated rings. The Bertz CT molecular complexity index is 766. The first kappa shape index (κ1) is 20.8. The average molecular weight is 396 g/mol. The number of nitrogens with one attached hydrogen (secondary N) is 2. The van der Waals surface area contributed by atoms with Crippen LogP contribution in [0.25, 0.3) is 11.1 Å². The van der Waals surface area contributed by atoms with E-state index in [2.05, 4.69) is 10.6 Å². The lowest BCUT2D eigenvalue weighted by molar-refractivity contribution is -0.137. The Balaban J connectivity index is 1.65. The second-order valence-corrected chi connectivity index (χ2v) is 6.91. The summed E-state index contributed by atoms with van der Waals surface area (Å²) in [7, 11) is 0. The van der Waals surface area contributed by atoms with Gasteiger partial charge in [0, 0.05) is 19.1 Å². The predicted octanol–water partition coefficient (Wildman–Crippen LogP) is 1.69. The number of aliphatic hydroxyl groups is 3. The fourth-order valence-corrected chi connectivity index (χ4v) is 3.29. The molecule has 5 N–H and O–H groups in total. The molecule has 1 aliphatic heterocycles. The Kier molecular flexibility index (Phi) is 6.36. The van der Waals surface area contributed by atoms with Crippen LogP contribution >= 0.6 is 0 Å². The second kappa shape index (κ2) is 8.59. The minimum Gasteiger partial charge on any atom is -0.394 e. The summed E-state index contributed by atoms with van der Waals surface area (Å²) in [5.41, 5.74) is 1.56. The largest absolute Gasteiger partial charge is 0.416 e. The maximum atomic E-state index is 12.7. The molecule has 0 aliphatic carbocycles. The van der Waals surface area contributed by atoms with E-state index in [1.165, 1.54) is 12.1 Å². The van der Waals surface area contributed by atoms with Gasteiger partial charge in [0.1, 0.15) is 0 Å². The number of hydrogen-bond donors (Lipinski definition) is 5. The van der Waals surface area contributed by atoms with Crippen molar-refractivity contribution in [3.05, 3.63) is 59.7 Å². The van der Waals surface area contributed by atoms with E-state index in [1.807, 2.05) is 0 Å². The molecule has 0 bridgehead atoms. The summed E-state index contributed by atoms with van der Waals surface area (Å²) >= 11 is 0. The summed E-state index contributed by atoms with van der Waals surface area (Å²) in [5, 5.41) is 35.2. The number of aliphatic hydroxyl groups excluding tert-OH is 3. The fraction of sp³-hybridized carbons (Fsp3) is 0.400. The van der Waals surface area contributed by atoms with E-state index in [0.717, 1.165) is 23.3 Å². The summed E-state index contributed by atoms with van der Waals surface area (Å²) in [4.78, 5) is 0.